The minimum Gasteiger partial charge on any atom is -0.399 e. The summed E-state index contributed by atoms with van der Waals surface area (Å²) in [5.41, 5.74) is 5.19. The van der Waals surface area contributed by atoms with Crippen LogP contribution in [0.2, 0.25) is 0 Å². The molecule has 2 rings (SSSR count). The van der Waals surface area contributed by atoms with Crippen molar-refractivity contribution in [1.29, 1.82) is 0 Å². The normalized spacial score (nSPS) is 19.4. The Kier molecular flexibility index (Phi) is 4.56. The van der Waals surface area contributed by atoms with Crippen molar-refractivity contribution < 1.29 is 21.9 Å². The third-order valence-electron chi connectivity index (χ3n) is 3.18. The molecule has 0 radical (unpaired) electrons. The molecule has 0 amide bonds. The van der Waals surface area contributed by atoms with Crippen molar-refractivity contribution >= 4 is 15.7 Å². The first-order chi connectivity index (χ1) is 9.40. The van der Waals surface area contributed by atoms with E-state index >= 15 is 0 Å². The lowest BCUT2D eigenvalue weighted by atomic mass is 10.1. The number of hydrogen-bond donors (Lipinski definition) is 2. The molecule has 1 saturated heterocycles. The average molecular weight is 306 g/mol. The summed E-state index contributed by atoms with van der Waals surface area (Å²) in [5, 5.41) is 0. The molecule has 1 aromatic carbocycles. The number of rotatable bonds is 5. The number of benzene rings is 1. The predicted molar refractivity (Wildman–Crippen MR) is 69.5 cm³/mol. The fraction of sp³-hybridized carbons (Fsp3) is 0.500. The minimum atomic E-state index is -4.11. The van der Waals surface area contributed by atoms with Gasteiger partial charge in [0.15, 0.2) is 11.6 Å². The summed E-state index contributed by atoms with van der Waals surface area (Å²) < 4.78 is 58.0. The van der Waals surface area contributed by atoms with E-state index in [9.17, 15) is 17.2 Å². The minimum absolute atomic E-state index is 0.145. The molecule has 5 nitrogen and oxygen atoms in total. The van der Waals surface area contributed by atoms with Crippen LogP contribution in [0.15, 0.2) is 17.0 Å². The zero-order chi connectivity index (χ0) is 14.8. The summed E-state index contributed by atoms with van der Waals surface area (Å²) in [5.74, 6) is -2.41. The molecule has 1 fully saturated rings. The molecule has 1 aromatic rings. The van der Waals surface area contributed by atoms with Gasteiger partial charge in [0.05, 0.1) is 0 Å². The van der Waals surface area contributed by atoms with Gasteiger partial charge in [0, 0.05) is 25.4 Å². The summed E-state index contributed by atoms with van der Waals surface area (Å²) in [4.78, 5) is -0.766. The van der Waals surface area contributed by atoms with Crippen LogP contribution in [0.3, 0.4) is 0 Å². The second kappa shape index (κ2) is 6.02. The van der Waals surface area contributed by atoms with Crippen molar-refractivity contribution in [2.45, 2.75) is 17.7 Å². The molecule has 0 spiro atoms. The van der Waals surface area contributed by atoms with E-state index in [-0.39, 0.29) is 12.2 Å². The van der Waals surface area contributed by atoms with Gasteiger partial charge in [-0.15, -0.1) is 0 Å². The van der Waals surface area contributed by atoms with Gasteiger partial charge < -0.3 is 10.5 Å². The Morgan fingerprint density at radius 1 is 1.40 bits per heavy atom. The van der Waals surface area contributed by atoms with Gasteiger partial charge in [0.1, 0.15) is 4.90 Å². The molecular weight excluding hydrogens is 290 g/mol. The lowest BCUT2D eigenvalue weighted by Gasteiger charge is -2.11. The van der Waals surface area contributed by atoms with Gasteiger partial charge in [-0.3, -0.25) is 0 Å². The number of halogens is 2. The fourth-order valence-electron chi connectivity index (χ4n) is 2.07. The number of sulfonamides is 1. The van der Waals surface area contributed by atoms with Crippen LogP contribution in [0.25, 0.3) is 0 Å². The van der Waals surface area contributed by atoms with Gasteiger partial charge in [-0.1, -0.05) is 0 Å². The average Bonchev–Trinajstić information content (AvgIpc) is 2.86. The standard InChI is InChI=1S/C12H16F2N2O3S/c13-10-5-9(15)6-11(12(10)14)20(17,18)16-3-1-8-2-4-19-7-8/h5-6,8,16H,1-4,7,15H2. The Morgan fingerprint density at radius 3 is 2.80 bits per heavy atom. The van der Waals surface area contributed by atoms with Crippen molar-refractivity contribution in [3.8, 4) is 0 Å². The SMILES string of the molecule is Nc1cc(F)c(F)c(S(=O)(=O)NCCC2CCOC2)c1. The summed E-state index contributed by atoms with van der Waals surface area (Å²) in [7, 11) is -4.11. The molecule has 0 aromatic heterocycles. The van der Waals surface area contributed by atoms with Crippen molar-refractivity contribution in [2.75, 3.05) is 25.5 Å². The van der Waals surface area contributed by atoms with E-state index < -0.39 is 26.6 Å². The highest BCUT2D eigenvalue weighted by atomic mass is 32.2. The maximum atomic E-state index is 13.5. The zero-order valence-corrected chi connectivity index (χ0v) is 11.6. The third kappa shape index (κ3) is 3.44. The monoisotopic (exact) mass is 306 g/mol. The van der Waals surface area contributed by atoms with E-state index in [0.717, 1.165) is 18.6 Å². The smallest absolute Gasteiger partial charge is 0.243 e. The van der Waals surface area contributed by atoms with Crippen molar-refractivity contribution in [2.24, 2.45) is 5.92 Å². The maximum Gasteiger partial charge on any atom is 0.243 e. The molecule has 112 valence electrons. The second-order valence-electron chi connectivity index (χ2n) is 4.73. The predicted octanol–water partition coefficient (Wildman–Crippen LogP) is 1.25. The van der Waals surface area contributed by atoms with E-state index in [1.807, 2.05) is 0 Å². The van der Waals surface area contributed by atoms with E-state index in [2.05, 4.69) is 4.72 Å². The van der Waals surface area contributed by atoms with Crippen molar-refractivity contribution in [1.82, 2.24) is 4.72 Å². The lowest BCUT2D eigenvalue weighted by molar-refractivity contribution is 0.184. The quantitative estimate of drug-likeness (QED) is 0.802. The summed E-state index contributed by atoms with van der Waals surface area (Å²) >= 11 is 0. The van der Waals surface area contributed by atoms with Crippen molar-refractivity contribution in [3.05, 3.63) is 23.8 Å². The highest BCUT2D eigenvalue weighted by Gasteiger charge is 2.23. The van der Waals surface area contributed by atoms with Crippen LogP contribution in [0, 0.1) is 17.6 Å². The molecule has 20 heavy (non-hydrogen) atoms. The number of nitrogens with one attached hydrogen (secondary N) is 1. The Hall–Kier alpha value is -1.25. The van der Waals surface area contributed by atoms with Crippen molar-refractivity contribution in [3.63, 3.8) is 0 Å². The zero-order valence-electron chi connectivity index (χ0n) is 10.7. The van der Waals surface area contributed by atoms with Gasteiger partial charge in [0.2, 0.25) is 10.0 Å². The van der Waals surface area contributed by atoms with Gasteiger partial charge >= 0.3 is 0 Å². The largest absolute Gasteiger partial charge is 0.399 e. The third-order valence-corrected chi connectivity index (χ3v) is 4.64. The second-order valence-corrected chi connectivity index (χ2v) is 6.47. The van der Waals surface area contributed by atoms with Gasteiger partial charge in [-0.25, -0.2) is 21.9 Å². The van der Waals surface area contributed by atoms with Gasteiger partial charge in [-0.2, -0.15) is 0 Å². The highest BCUT2D eigenvalue weighted by Crippen LogP contribution is 2.21. The molecule has 1 aliphatic heterocycles. The molecular formula is C12H16F2N2O3S. The van der Waals surface area contributed by atoms with Crippen LogP contribution in [0.5, 0.6) is 0 Å². The Morgan fingerprint density at radius 2 is 2.15 bits per heavy atom. The molecule has 0 aliphatic carbocycles. The molecule has 1 aliphatic rings. The van der Waals surface area contributed by atoms with Crippen LogP contribution >= 0.6 is 0 Å². The first-order valence-corrected chi connectivity index (χ1v) is 7.70. The van der Waals surface area contributed by atoms with Gasteiger partial charge in [0.25, 0.3) is 0 Å². The highest BCUT2D eigenvalue weighted by molar-refractivity contribution is 7.89. The maximum absolute atomic E-state index is 13.5. The van der Waals surface area contributed by atoms with E-state index in [0.29, 0.717) is 25.6 Å². The summed E-state index contributed by atoms with van der Waals surface area (Å²) in [6, 6.07) is 1.64. The van der Waals surface area contributed by atoms with Crippen LogP contribution in [0.1, 0.15) is 12.8 Å². The molecule has 8 heteroatoms. The first-order valence-electron chi connectivity index (χ1n) is 6.22. The Labute approximate surface area is 116 Å². The van der Waals surface area contributed by atoms with E-state index in [4.69, 9.17) is 10.5 Å². The molecule has 1 heterocycles. The first kappa shape index (κ1) is 15.1. The van der Waals surface area contributed by atoms with Crippen LogP contribution < -0.4 is 10.5 Å². The van der Waals surface area contributed by atoms with Crippen LogP contribution in [-0.4, -0.2) is 28.2 Å². The summed E-state index contributed by atoms with van der Waals surface area (Å²) in [6.45, 7) is 1.42. The number of hydrogen-bond acceptors (Lipinski definition) is 4. The fourth-order valence-corrected chi connectivity index (χ4v) is 3.23. The Balaban J connectivity index is 2.06. The molecule has 0 saturated carbocycles. The van der Waals surface area contributed by atoms with E-state index in [1.165, 1.54) is 0 Å². The lowest BCUT2D eigenvalue weighted by Crippen LogP contribution is -2.27. The Bertz CT molecular complexity index is 587. The van der Waals surface area contributed by atoms with E-state index in [1.54, 1.807) is 0 Å². The molecule has 1 atom stereocenters. The number of anilines is 1. The molecule has 3 N–H and O–H groups in total. The topological polar surface area (TPSA) is 81.4 Å². The number of ether oxygens (including phenoxy) is 1. The number of nitrogens with two attached hydrogens (primary N) is 1. The van der Waals surface area contributed by atoms with Crippen LogP contribution in [0.4, 0.5) is 14.5 Å². The molecule has 1 unspecified atom stereocenters. The van der Waals surface area contributed by atoms with Gasteiger partial charge in [-0.05, 0) is 30.9 Å². The number of nitrogen functional groups attached to an aromatic ring is 1. The summed E-state index contributed by atoms with van der Waals surface area (Å²) in [6.07, 6.45) is 1.47. The van der Waals surface area contributed by atoms with Crippen LogP contribution in [-0.2, 0) is 14.8 Å². The molecule has 0 bridgehead atoms.